The third-order valence-electron chi connectivity index (χ3n) is 4.00. The van der Waals surface area contributed by atoms with Gasteiger partial charge in [0.15, 0.2) is 0 Å². The first-order valence-corrected chi connectivity index (χ1v) is 7.44. The molecule has 24 heavy (non-hydrogen) atoms. The van der Waals surface area contributed by atoms with Gasteiger partial charge in [-0.25, -0.2) is 0 Å². The van der Waals surface area contributed by atoms with Crippen molar-refractivity contribution in [3.8, 4) is 5.75 Å². The van der Waals surface area contributed by atoms with Crippen molar-refractivity contribution in [2.24, 2.45) is 5.73 Å². The molecule has 0 aliphatic heterocycles. The highest BCUT2D eigenvalue weighted by molar-refractivity contribution is 5.85. The van der Waals surface area contributed by atoms with Crippen LogP contribution in [0.4, 0.5) is 13.2 Å². The van der Waals surface area contributed by atoms with E-state index < -0.39 is 11.7 Å². The number of nitrogens with two attached hydrogens (primary N) is 1. The lowest BCUT2D eigenvalue weighted by Crippen LogP contribution is -2.06. The third kappa shape index (κ3) is 3.10. The van der Waals surface area contributed by atoms with Crippen LogP contribution in [0.3, 0.4) is 0 Å². The zero-order valence-corrected chi connectivity index (χ0v) is 13.1. The van der Waals surface area contributed by atoms with Gasteiger partial charge in [-0.2, -0.15) is 13.2 Å². The van der Waals surface area contributed by atoms with E-state index in [0.717, 1.165) is 22.5 Å². The predicted octanol–water partition coefficient (Wildman–Crippen LogP) is 4.18. The first-order chi connectivity index (χ1) is 11.4. The number of benzene rings is 2. The monoisotopic (exact) mass is 334 g/mol. The van der Waals surface area contributed by atoms with Gasteiger partial charge in [-0.15, -0.1) is 0 Å². The van der Waals surface area contributed by atoms with Crippen molar-refractivity contribution < 1.29 is 17.9 Å². The summed E-state index contributed by atoms with van der Waals surface area (Å²) in [5, 5.41) is 0.948. The maximum atomic E-state index is 12.9. The van der Waals surface area contributed by atoms with Crippen molar-refractivity contribution in [3.63, 3.8) is 0 Å². The van der Waals surface area contributed by atoms with Crippen molar-refractivity contribution >= 4 is 10.9 Å². The molecule has 2 aromatic carbocycles. The molecule has 0 bridgehead atoms. The predicted molar refractivity (Wildman–Crippen MR) is 86.9 cm³/mol. The molecule has 6 heteroatoms. The summed E-state index contributed by atoms with van der Waals surface area (Å²) in [5.74, 6) is 0.717. The second kappa shape index (κ2) is 6.20. The summed E-state index contributed by atoms with van der Waals surface area (Å²) in [6.45, 7) is 0.687. The van der Waals surface area contributed by atoms with E-state index >= 15 is 0 Å². The average Bonchev–Trinajstić information content (AvgIpc) is 2.91. The second-order valence-corrected chi connectivity index (χ2v) is 5.57. The molecule has 0 saturated heterocycles. The minimum atomic E-state index is -4.34. The van der Waals surface area contributed by atoms with Crippen molar-refractivity contribution in [1.82, 2.24) is 4.57 Å². The van der Waals surface area contributed by atoms with Gasteiger partial charge >= 0.3 is 6.18 Å². The summed E-state index contributed by atoms with van der Waals surface area (Å²) >= 11 is 0. The first-order valence-electron chi connectivity index (χ1n) is 7.44. The molecule has 0 unspecified atom stereocenters. The molecule has 0 amide bonds. The van der Waals surface area contributed by atoms with E-state index in [0.29, 0.717) is 24.4 Å². The number of rotatable bonds is 4. The molecule has 0 saturated carbocycles. The first kappa shape index (κ1) is 16.4. The molecule has 3 rings (SSSR count). The fraction of sp³-hybridized carbons (Fsp3) is 0.222. The Balaban J connectivity index is 2.02. The third-order valence-corrected chi connectivity index (χ3v) is 4.00. The van der Waals surface area contributed by atoms with Crippen LogP contribution in [0.15, 0.2) is 48.7 Å². The highest BCUT2D eigenvalue weighted by Gasteiger charge is 2.30. The number of hydrogen-bond acceptors (Lipinski definition) is 2. The van der Waals surface area contributed by atoms with Gasteiger partial charge in [-0.05, 0) is 41.5 Å². The summed E-state index contributed by atoms with van der Waals surface area (Å²) in [5.41, 5.74) is 7.57. The smallest absolute Gasteiger partial charge is 0.416 e. The molecular weight excluding hydrogens is 317 g/mol. The van der Waals surface area contributed by atoms with Gasteiger partial charge in [-0.3, -0.25) is 0 Å². The number of alkyl halides is 3. The lowest BCUT2D eigenvalue weighted by atomic mass is 10.1. The molecule has 1 aromatic heterocycles. The van der Waals surface area contributed by atoms with Crippen LogP contribution in [0.25, 0.3) is 10.9 Å². The number of halogens is 3. The van der Waals surface area contributed by atoms with Gasteiger partial charge in [0.2, 0.25) is 0 Å². The van der Waals surface area contributed by atoms with Crippen LogP contribution in [-0.4, -0.2) is 11.7 Å². The van der Waals surface area contributed by atoms with E-state index in [-0.39, 0.29) is 0 Å². The Morgan fingerprint density at radius 1 is 1.12 bits per heavy atom. The highest BCUT2D eigenvalue weighted by Crippen LogP contribution is 2.31. The SMILES string of the molecule is COc1ccc2c(c1)c(CN)cn2Cc1cccc(C(F)(F)F)c1. The minimum Gasteiger partial charge on any atom is -0.497 e. The van der Waals surface area contributed by atoms with Gasteiger partial charge < -0.3 is 15.0 Å². The van der Waals surface area contributed by atoms with Crippen molar-refractivity contribution in [3.05, 3.63) is 65.4 Å². The number of fused-ring (bicyclic) bond motifs is 1. The molecule has 0 spiro atoms. The lowest BCUT2D eigenvalue weighted by molar-refractivity contribution is -0.137. The van der Waals surface area contributed by atoms with Gasteiger partial charge in [0.1, 0.15) is 5.75 Å². The molecule has 3 nitrogen and oxygen atoms in total. The number of ether oxygens (including phenoxy) is 1. The fourth-order valence-electron chi connectivity index (χ4n) is 2.81. The number of aromatic nitrogens is 1. The Morgan fingerprint density at radius 3 is 2.58 bits per heavy atom. The van der Waals surface area contributed by atoms with E-state index in [9.17, 15) is 13.2 Å². The Morgan fingerprint density at radius 2 is 1.92 bits per heavy atom. The maximum Gasteiger partial charge on any atom is 0.416 e. The Labute approximate surface area is 137 Å². The molecular formula is C18H17F3N2O. The molecule has 0 aliphatic carbocycles. The molecule has 126 valence electrons. The molecule has 3 aromatic rings. The van der Waals surface area contributed by atoms with E-state index in [4.69, 9.17) is 10.5 Å². The summed E-state index contributed by atoms with van der Waals surface area (Å²) in [6, 6.07) is 11.0. The summed E-state index contributed by atoms with van der Waals surface area (Å²) < 4.78 is 45.7. The molecule has 0 aliphatic rings. The maximum absolute atomic E-state index is 12.9. The number of nitrogens with zero attached hydrogens (tertiary/aromatic N) is 1. The molecule has 1 heterocycles. The van der Waals surface area contributed by atoms with Crippen LogP contribution in [0, 0.1) is 0 Å². The average molecular weight is 334 g/mol. The molecule has 0 radical (unpaired) electrons. The van der Waals surface area contributed by atoms with E-state index in [1.54, 1.807) is 13.2 Å². The van der Waals surface area contributed by atoms with Crippen LogP contribution in [-0.2, 0) is 19.3 Å². The van der Waals surface area contributed by atoms with E-state index in [2.05, 4.69) is 0 Å². The second-order valence-electron chi connectivity index (χ2n) is 5.57. The Bertz CT molecular complexity index is 868. The largest absolute Gasteiger partial charge is 0.497 e. The zero-order valence-electron chi connectivity index (χ0n) is 13.1. The summed E-state index contributed by atoms with van der Waals surface area (Å²) in [6.07, 6.45) is -2.46. The Kier molecular flexibility index (Phi) is 4.24. The topological polar surface area (TPSA) is 40.2 Å². The van der Waals surface area contributed by atoms with Crippen LogP contribution in [0.5, 0.6) is 5.75 Å². The fourth-order valence-corrected chi connectivity index (χ4v) is 2.81. The van der Waals surface area contributed by atoms with E-state index in [1.807, 2.05) is 29.0 Å². The van der Waals surface area contributed by atoms with Crippen molar-refractivity contribution in [2.45, 2.75) is 19.3 Å². The molecule has 0 atom stereocenters. The lowest BCUT2D eigenvalue weighted by Gasteiger charge is -2.10. The van der Waals surface area contributed by atoms with Crippen LogP contribution in [0.1, 0.15) is 16.7 Å². The van der Waals surface area contributed by atoms with Gasteiger partial charge in [-0.1, -0.05) is 12.1 Å². The van der Waals surface area contributed by atoms with Gasteiger partial charge in [0.05, 0.1) is 12.7 Å². The number of hydrogen-bond donors (Lipinski definition) is 1. The number of methoxy groups -OCH3 is 1. The minimum absolute atomic E-state index is 0.340. The van der Waals surface area contributed by atoms with Crippen molar-refractivity contribution in [2.75, 3.05) is 7.11 Å². The van der Waals surface area contributed by atoms with Gasteiger partial charge in [0, 0.05) is 30.2 Å². The van der Waals surface area contributed by atoms with E-state index in [1.165, 1.54) is 12.1 Å². The zero-order chi connectivity index (χ0) is 17.3. The quantitative estimate of drug-likeness (QED) is 0.778. The van der Waals surface area contributed by atoms with Crippen LogP contribution < -0.4 is 10.5 Å². The normalized spacial score (nSPS) is 11.9. The molecule has 2 N–H and O–H groups in total. The van der Waals surface area contributed by atoms with Gasteiger partial charge in [0.25, 0.3) is 0 Å². The summed E-state index contributed by atoms with van der Waals surface area (Å²) in [4.78, 5) is 0. The standard InChI is InChI=1S/C18H17F3N2O/c1-24-15-5-6-17-16(8-15)13(9-22)11-23(17)10-12-3-2-4-14(7-12)18(19,20)21/h2-8,11H,9-10,22H2,1H3. The van der Waals surface area contributed by atoms with Crippen molar-refractivity contribution in [1.29, 1.82) is 0 Å². The van der Waals surface area contributed by atoms with Crippen LogP contribution in [0.2, 0.25) is 0 Å². The van der Waals surface area contributed by atoms with Crippen LogP contribution >= 0.6 is 0 Å². The molecule has 0 fully saturated rings. The Hall–Kier alpha value is -2.47. The summed E-state index contributed by atoms with van der Waals surface area (Å²) in [7, 11) is 1.59. The highest BCUT2D eigenvalue weighted by atomic mass is 19.4.